The Bertz CT molecular complexity index is 201. The van der Waals surface area contributed by atoms with Gasteiger partial charge in [-0.25, -0.2) is 0 Å². The highest BCUT2D eigenvalue weighted by Crippen LogP contribution is 2.21. The van der Waals surface area contributed by atoms with Gasteiger partial charge in [0, 0.05) is 5.57 Å². The van der Waals surface area contributed by atoms with Crippen LogP contribution in [-0.2, 0) is 0 Å². The van der Waals surface area contributed by atoms with E-state index in [9.17, 15) is 0 Å². The summed E-state index contributed by atoms with van der Waals surface area (Å²) in [5, 5.41) is 0. The van der Waals surface area contributed by atoms with Crippen LogP contribution in [0.2, 0.25) is 0 Å². The Kier molecular flexibility index (Phi) is 2.34. The van der Waals surface area contributed by atoms with E-state index in [0.29, 0.717) is 0 Å². The van der Waals surface area contributed by atoms with E-state index in [2.05, 4.69) is 18.6 Å². The Hall–Kier alpha value is -0.960. The number of allylic oxidation sites excluding steroid dienone is 3. The Labute approximate surface area is 62.6 Å². The predicted molar refractivity (Wildman–Crippen MR) is 44.5 cm³/mol. The molecule has 0 saturated heterocycles. The molecule has 0 spiro atoms. The molecular formula is C10H12. The number of rotatable bonds is 1. The smallest absolute Gasteiger partial charge is 0.0199 e. The molecule has 0 aromatic carbocycles. The van der Waals surface area contributed by atoms with Crippen molar-refractivity contribution in [2.75, 3.05) is 0 Å². The maximum absolute atomic E-state index is 5.21. The van der Waals surface area contributed by atoms with Gasteiger partial charge in [0.25, 0.3) is 0 Å². The van der Waals surface area contributed by atoms with Crippen molar-refractivity contribution in [2.24, 2.45) is 0 Å². The van der Waals surface area contributed by atoms with Crippen LogP contribution in [0.25, 0.3) is 0 Å². The van der Waals surface area contributed by atoms with Gasteiger partial charge >= 0.3 is 0 Å². The average Bonchev–Trinajstić information content (AvgIpc) is 2.05. The Morgan fingerprint density at radius 2 is 2.40 bits per heavy atom. The van der Waals surface area contributed by atoms with E-state index < -0.39 is 0 Å². The molecule has 0 atom stereocenters. The van der Waals surface area contributed by atoms with E-state index in [1.165, 1.54) is 24.8 Å². The molecule has 0 nitrogen and oxygen atoms in total. The largest absolute Gasteiger partial charge is 0.115 e. The molecule has 0 unspecified atom stereocenters. The van der Waals surface area contributed by atoms with E-state index in [-0.39, 0.29) is 0 Å². The summed E-state index contributed by atoms with van der Waals surface area (Å²) < 4.78 is 0. The first-order valence-corrected chi connectivity index (χ1v) is 3.69. The Morgan fingerprint density at radius 3 is 2.90 bits per heavy atom. The highest BCUT2D eigenvalue weighted by Gasteiger charge is 2.03. The molecule has 0 saturated carbocycles. The Morgan fingerprint density at radius 1 is 1.60 bits per heavy atom. The average molecular weight is 132 g/mol. The minimum atomic E-state index is 0.875. The minimum Gasteiger partial charge on any atom is -0.115 e. The summed E-state index contributed by atoms with van der Waals surface area (Å²) in [6, 6.07) is 0. The third-order valence-electron chi connectivity index (χ3n) is 1.85. The van der Waals surface area contributed by atoms with Crippen molar-refractivity contribution in [1.29, 1.82) is 0 Å². The predicted octanol–water partition coefficient (Wildman–Crippen LogP) is 2.68. The van der Waals surface area contributed by atoms with E-state index in [1.54, 1.807) is 0 Å². The van der Waals surface area contributed by atoms with Gasteiger partial charge in [-0.05, 0) is 31.3 Å². The second-order valence-electron chi connectivity index (χ2n) is 2.60. The SMILES string of the molecule is C#CC(=C)C1=CCCCC1. The van der Waals surface area contributed by atoms with E-state index >= 15 is 0 Å². The van der Waals surface area contributed by atoms with Crippen molar-refractivity contribution >= 4 is 0 Å². The topological polar surface area (TPSA) is 0 Å². The molecular weight excluding hydrogens is 120 g/mol. The number of hydrogen-bond acceptors (Lipinski definition) is 0. The number of hydrogen-bond donors (Lipinski definition) is 0. The monoisotopic (exact) mass is 132 g/mol. The van der Waals surface area contributed by atoms with Crippen LogP contribution in [0.3, 0.4) is 0 Å². The lowest BCUT2D eigenvalue weighted by molar-refractivity contribution is 0.709. The van der Waals surface area contributed by atoms with Gasteiger partial charge in [0.05, 0.1) is 0 Å². The fraction of sp³-hybridized carbons (Fsp3) is 0.400. The summed E-state index contributed by atoms with van der Waals surface area (Å²) in [6.07, 6.45) is 12.3. The molecule has 0 fully saturated rings. The van der Waals surface area contributed by atoms with Crippen LogP contribution in [0.1, 0.15) is 25.7 Å². The first-order chi connectivity index (χ1) is 4.84. The van der Waals surface area contributed by atoms with Gasteiger partial charge in [-0.2, -0.15) is 0 Å². The summed E-state index contributed by atoms with van der Waals surface area (Å²) >= 11 is 0. The fourth-order valence-corrected chi connectivity index (χ4v) is 1.20. The molecule has 1 aliphatic carbocycles. The molecule has 1 aliphatic rings. The lowest BCUT2D eigenvalue weighted by atomic mass is 9.95. The van der Waals surface area contributed by atoms with Crippen LogP contribution in [-0.4, -0.2) is 0 Å². The van der Waals surface area contributed by atoms with Crippen molar-refractivity contribution in [3.63, 3.8) is 0 Å². The lowest BCUT2D eigenvalue weighted by Crippen LogP contribution is -1.92. The summed E-state index contributed by atoms with van der Waals surface area (Å²) in [5.74, 6) is 2.57. The van der Waals surface area contributed by atoms with E-state index in [4.69, 9.17) is 6.42 Å². The van der Waals surface area contributed by atoms with Gasteiger partial charge in [0.2, 0.25) is 0 Å². The van der Waals surface area contributed by atoms with Crippen molar-refractivity contribution in [3.8, 4) is 12.3 Å². The highest BCUT2D eigenvalue weighted by molar-refractivity contribution is 5.42. The maximum atomic E-state index is 5.21. The normalized spacial score (nSPS) is 17.3. The zero-order valence-electron chi connectivity index (χ0n) is 6.19. The second-order valence-corrected chi connectivity index (χ2v) is 2.60. The van der Waals surface area contributed by atoms with Crippen molar-refractivity contribution in [2.45, 2.75) is 25.7 Å². The third kappa shape index (κ3) is 1.51. The van der Waals surface area contributed by atoms with Gasteiger partial charge < -0.3 is 0 Å². The summed E-state index contributed by atoms with van der Waals surface area (Å²) in [7, 11) is 0. The molecule has 52 valence electrons. The van der Waals surface area contributed by atoms with E-state index in [0.717, 1.165) is 12.0 Å². The van der Waals surface area contributed by atoms with E-state index in [1.807, 2.05) is 0 Å². The molecule has 10 heavy (non-hydrogen) atoms. The molecule has 0 aromatic heterocycles. The van der Waals surface area contributed by atoms with Crippen LogP contribution in [0, 0.1) is 12.3 Å². The molecule has 0 N–H and O–H groups in total. The van der Waals surface area contributed by atoms with Crippen LogP contribution in [0.15, 0.2) is 23.8 Å². The molecule has 0 bridgehead atoms. The van der Waals surface area contributed by atoms with Crippen molar-refractivity contribution in [1.82, 2.24) is 0 Å². The van der Waals surface area contributed by atoms with Gasteiger partial charge in [0.15, 0.2) is 0 Å². The van der Waals surface area contributed by atoms with Crippen molar-refractivity contribution < 1.29 is 0 Å². The highest BCUT2D eigenvalue weighted by atomic mass is 14.1. The summed E-state index contributed by atoms with van der Waals surface area (Å²) in [4.78, 5) is 0. The molecule has 0 heteroatoms. The molecule has 0 heterocycles. The van der Waals surface area contributed by atoms with Gasteiger partial charge in [-0.15, -0.1) is 6.42 Å². The zero-order valence-corrected chi connectivity index (χ0v) is 6.19. The van der Waals surface area contributed by atoms with Crippen molar-refractivity contribution in [3.05, 3.63) is 23.8 Å². The van der Waals surface area contributed by atoms with Crippen LogP contribution in [0.5, 0.6) is 0 Å². The molecule has 0 radical (unpaired) electrons. The summed E-state index contributed by atoms with van der Waals surface area (Å²) in [5.41, 5.74) is 2.16. The first-order valence-electron chi connectivity index (χ1n) is 3.69. The molecule has 1 rings (SSSR count). The molecule has 0 aromatic rings. The lowest BCUT2D eigenvalue weighted by Gasteiger charge is -2.10. The van der Waals surface area contributed by atoms with Crippen LogP contribution >= 0.6 is 0 Å². The molecule has 0 aliphatic heterocycles. The quantitative estimate of drug-likeness (QED) is 0.481. The number of terminal acetylenes is 1. The first kappa shape index (κ1) is 7.15. The standard InChI is InChI=1S/C10H12/c1-3-9(2)10-7-5-4-6-8-10/h1,7H,2,4-6,8H2. The van der Waals surface area contributed by atoms with Gasteiger partial charge in [-0.1, -0.05) is 18.6 Å². The third-order valence-corrected chi connectivity index (χ3v) is 1.85. The van der Waals surface area contributed by atoms with Gasteiger partial charge in [0.1, 0.15) is 0 Å². The van der Waals surface area contributed by atoms with Crippen LogP contribution < -0.4 is 0 Å². The molecule has 0 amide bonds. The minimum absolute atomic E-state index is 0.875. The fourth-order valence-electron chi connectivity index (χ4n) is 1.20. The summed E-state index contributed by atoms with van der Waals surface area (Å²) in [6.45, 7) is 3.79. The second kappa shape index (κ2) is 3.27. The maximum Gasteiger partial charge on any atom is 0.0199 e. The van der Waals surface area contributed by atoms with Gasteiger partial charge in [-0.3, -0.25) is 0 Å². The van der Waals surface area contributed by atoms with Crippen LogP contribution in [0.4, 0.5) is 0 Å². The zero-order chi connectivity index (χ0) is 7.40. The Balaban J connectivity index is 2.64.